The molecule has 17 heavy (non-hydrogen) atoms. The van der Waals surface area contributed by atoms with Crippen LogP contribution in [0.5, 0.6) is 0 Å². The normalized spacial score (nSPS) is 18.2. The van der Waals surface area contributed by atoms with Crippen molar-refractivity contribution in [1.82, 2.24) is 4.90 Å². The van der Waals surface area contributed by atoms with Gasteiger partial charge in [-0.25, -0.2) is 0 Å². The van der Waals surface area contributed by atoms with Crippen LogP contribution in [-0.2, 0) is 13.3 Å². The molecule has 0 radical (unpaired) electrons. The maximum Gasteiger partial charge on any atom is 0.518 e. The predicted molar refractivity (Wildman–Crippen MR) is 70.0 cm³/mol. The molecule has 0 fully saturated rings. The van der Waals surface area contributed by atoms with Crippen molar-refractivity contribution in [1.29, 1.82) is 0 Å². The second-order valence-electron chi connectivity index (χ2n) is 4.07. The quantitative estimate of drug-likeness (QED) is 0.478. The molecule has 0 amide bonds. The summed E-state index contributed by atoms with van der Waals surface area (Å²) in [5.41, 5.74) is 11.9. The Kier molecular flexibility index (Phi) is 7.41. The Morgan fingerprint density at radius 1 is 1.00 bits per heavy atom. The standard InChI is InChI=1S/C10H27N3O3Si/c1-7-10(13(8(2)11)9(3)12)17(14-4,15-5)16-6/h8-10H,7,11-12H2,1-6H3. The fraction of sp³-hybridized carbons (Fsp3) is 1.00. The third-order valence-electron chi connectivity index (χ3n) is 2.95. The molecule has 0 aliphatic heterocycles. The van der Waals surface area contributed by atoms with Gasteiger partial charge in [0, 0.05) is 21.3 Å². The molecular weight excluding hydrogens is 238 g/mol. The van der Waals surface area contributed by atoms with Gasteiger partial charge in [-0.05, 0) is 20.3 Å². The van der Waals surface area contributed by atoms with E-state index in [2.05, 4.69) is 0 Å². The molecule has 4 N–H and O–H groups in total. The van der Waals surface area contributed by atoms with Gasteiger partial charge < -0.3 is 24.7 Å². The summed E-state index contributed by atoms with van der Waals surface area (Å²) < 4.78 is 16.5. The zero-order valence-corrected chi connectivity index (χ0v) is 12.8. The highest BCUT2D eigenvalue weighted by Crippen LogP contribution is 2.22. The summed E-state index contributed by atoms with van der Waals surface area (Å²) in [4.78, 5) is 1.97. The average Bonchev–Trinajstić information content (AvgIpc) is 2.29. The van der Waals surface area contributed by atoms with Crippen LogP contribution in [0.2, 0.25) is 0 Å². The molecule has 0 aromatic carbocycles. The first-order chi connectivity index (χ1) is 7.90. The van der Waals surface area contributed by atoms with Crippen LogP contribution in [0.3, 0.4) is 0 Å². The van der Waals surface area contributed by atoms with E-state index in [0.717, 1.165) is 6.42 Å². The van der Waals surface area contributed by atoms with Crippen LogP contribution in [0.25, 0.3) is 0 Å². The van der Waals surface area contributed by atoms with Gasteiger partial charge in [0.25, 0.3) is 0 Å². The van der Waals surface area contributed by atoms with E-state index in [0.29, 0.717) is 0 Å². The molecule has 0 aliphatic rings. The van der Waals surface area contributed by atoms with Crippen molar-refractivity contribution < 1.29 is 13.3 Å². The zero-order valence-electron chi connectivity index (χ0n) is 11.8. The second-order valence-corrected chi connectivity index (χ2v) is 7.17. The van der Waals surface area contributed by atoms with Crippen molar-refractivity contribution in [2.75, 3.05) is 21.3 Å². The fourth-order valence-corrected chi connectivity index (χ4v) is 4.89. The second kappa shape index (κ2) is 7.42. The number of nitrogens with zero attached hydrogens (tertiary/aromatic N) is 1. The third-order valence-corrected chi connectivity index (χ3v) is 6.18. The van der Waals surface area contributed by atoms with Gasteiger partial charge in [-0.15, -0.1) is 0 Å². The SMILES string of the molecule is CCC(N(C(C)N)C(C)N)[Si](OC)(OC)OC. The monoisotopic (exact) mass is 265 g/mol. The van der Waals surface area contributed by atoms with Crippen LogP contribution in [0.1, 0.15) is 27.2 Å². The summed E-state index contributed by atoms with van der Waals surface area (Å²) in [6, 6.07) is 0. The van der Waals surface area contributed by atoms with E-state index < -0.39 is 8.80 Å². The fourth-order valence-electron chi connectivity index (χ4n) is 2.24. The average molecular weight is 265 g/mol. The van der Waals surface area contributed by atoms with E-state index in [9.17, 15) is 0 Å². The maximum atomic E-state index is 5.98. The van der Waals surface area contributed by atoms with Gasteiger partial charge in [0.05, 0.1) is 18.0 Å². The van der Waals surface area contributed by atoms with E-state index in [1.54, 1.807) is 21.3 Å². The summed E-state index contributed by atoms with van der Waals surface area (Å²) in [6.45, 7) is 5.83. The van der Waals surface area contributed by atoms with Crippen molar-refractivity contribution in [3.63, 3.8) is 0 Å². The summed E-state index contributed by atoms with van der Waals surface area (Å²) in [7, 11) is 2.03. The van der Waals surface area contributed by atoms with Gasteiger partial charge in [0.1, 0.15) is 0 Å². The maximum absolute atomic E-state index is 5.98. The molecule has 3 atom stereocenters. The van der Waals surface area contributed by atoms with E-state index >= 15 is 0 Å². The molecule has 0 saturated carbocycles. The first-order valence-electron chi connectivity index (χ1n) is 5.84. The van der Waals surface area contributed by atoms with E-state index in [1.807, 2.05) is 25.7 Å². The molecule has 0 bridgehead atoms. The lowest BCUT2D eigenvalue weighted by molar-refractivity contribution is 0.0423. The van der Waals surface area contributed by atoms with Gasteiger partial charge in [-0.2, -0.15) is 0 Å². The summed E-state index contributed by atoms with van der Waals surface area (Å²) in [5.74, 6) is 0. The summed E-state index contributed by atoms with van der Waals surface area (Å²) in [5, 5.41) is 0. The van der Waals surface area contributed by atoms with Crippen molar-refractivity contribution in [2.45, 2.75) is 45.2 Å². The van der Waals surface area contributed by atoms with Crippen LogP contribution < -0.4 is 11.5 Å². The molecule has 0 heterocycles. The lowest BCUT2D eigenvalue weighted by Crippen LogP contribution is -2.67. The highest BCUT2D eigenvalue weighted by molar-refractivity contribution is 6.62. The van der Waals surface area contributed by atoms with Crippen LogP contribution in [0.4, 0.5) is 0 Å². The predicted octanol–water partition coefficient (Wildman–Crippen LogP) is 0.0937. The topological polar surface area (TPSA) is 83.0 Å². The van der Waals surface area contributed by atoms with Crippen LogP contribution >= 0.6 is 0 Å². The molecule has 0 saturated heterocycles. The minimum Gasteiger partial charge on any atom is -0.376 e. The van der Waals surface area contributed by atoms with Crippen LogP contribution in [0.15, 0.2) is 0 Å². The number of hydrogen-bond donors (Lipinski definition) is 2. The summed E-state index contributed by atoms with van der Waals surface area (Å²) in [6.07, 6.45) is 0.421. The van der Waals surface area contributed by atoms with Gasteiger partial charge >= 0.3 is 8.80 Å². The van der Waals surface area contributed by atoms with Crippen molar-refractivity contribution in [3.05, 3.63) is 0 Å². The van der Waals surface area contributed by atoms with Gasteiger partial charge in [0.2, 0.25) is 0 Å². The highest BCUT2D eigenvalue weighted by atomic mass is 28.4. The molecular formula is C10H27N3O3Si. The molecule has 0 spiro atoms. The lowest BCUT2D eigenvalue weighted by Gasteiger charge is -2.43. The number of hydrogen-bond acceptors (Lipinski definition) is 6. The van der Waals surface area contributed by atoms with Crippen LogP contribution in [-0.4, -0.2) is 53.0 Å². The van der Waals surface area contributed by atoms with E-state index in [-0.39, 0.29) is 18.0 Å². The smallest absolute Gasteiger partial charge is 0.376 e. The molecule has 3 unspecified atom stereocenters. The van der Waals surface area contributed by atoms with Crippen molar-refractivity contribution >= 4 is 8.80 Å². The Morgan fingerprint density at radius 2 is 1.35 bits per heavy atom. The van der Waals surface area contributed by atoms with Gasteiger partial charge in [-0.1, -0.05) is 6.92 Å². The first-order valence-corrected chi connectivity index (χ1v) is 7.64. The number of rotatable bonds is 8. The Hall–Kier alpha value is -0.0231. The Morgan fingerprint density at radius 3 is 1.53 bits per heavy atom. The van der Waals surface area contributed by atoms with Crippen LogP contribution in [0, 0.1) is 0 Å². The lowest BCUT2D eigenvalue weighted by atomic mass is 10.3. The van der Waals surface area contributed by atoms with Crippen molar-refractivity contribution in [2.24, 2.45) is 11.5 Å². The first kappa shape index (κ1) is 17.0. The molecule has 104 valence electrons. The molecule has 6 nitrogen and oxygen atoms in total. The molecule has 0 aromatic heterocycles. The third kappa shape index (κ3) is 3.72. The van der Waals surface area contributed by atoms with Gasteiger partial charge in [-0.3, -0.25) is 4.90 Å². The minimum absolute atomic E-state index is 0.0532. The largest absolute Gasteiger partial charge is 0.518 e. The zero-order chi connectivity index (χ0) is 13.6. The molecule has 0 rings (SSSR count). The van der Waals surface area contributed by atoms with Gasteiger partial charge in [0.15, 0.2) is 0 Å². The Bertz CT molecular complexity index is 197. The number of nitrogens with two attached hydrogens (primary N) is 2. The van der Waals surface area contributed by atoms with E-state index in [4.69, 9.17) is 24.7 Å². The summed E-state index contributed by atoms with van der Waals surface area (Å²) >= 11 is 0. The van der Waals surface area contributed by atoms with Crippen molar-refractivity contribution in [3.8, 4) is 0 Å². The highest BCUT2D eigenvalue weighted by Gasteiger charge is 2.50. The molecule has 7 heteroatoms. The minimum atomic E-state index is -2.77. The van der Waals surface area contributed by atoms with E-state index in [1.165, 1.54) is 0 Å². The Balaban J connectivity index is 5.25. The Labute approximate surface area is 106 Å². The molecule has 0 aromatic rings. The molecule has 0 aliphatic carbocycles.